The Balaban J connectivity index is 1.40. The Morgan fingerprint density at radius 2 is 1.86 bits per heavy atom. The molecule has 0 atom stereocenters. The van der Waals surface area contributed by atoms with Gasteiger partial charge in [0.25, 0.3) is 5.91 Å². The molecule has 5 nitrogen and oxygen atoms in total. The quantitative estimate of drug-likeness (QED) is 0.364. The predicted molar refractivity (Wildman–Crippen MR) is 120 cm³/mol. The first-order valence-electron chi connectivity index (χ1n) is 8.94. The van der Waals surface area contributed by atoms with Crippen LogP contribution < -0.4 is 21.8 Å². The highest BCUT2D eigenvalue weighted by molar-refractivity contribution is 7.22. The molecule has 0 aliphatic rings. The highest BCUT2D eigenvalue weighted by atomic mass is 32.1. The summed E-state index contributed by atoms with van der Waals surface area (Å²) in [4.78, 5) is 17.0. The summed E-state index contributed by atoms with van der Waals surface area (Å²) in [6.07, 6.45) is 0. The fourth-order valence-electron chi connectivity index (χ4n) is 2.87. The van der Waals surface area contributed by atoms with Crippen molar-refractivity contribution in [1.29, 1.82) is 0 Å². The number of nitrogens with two attached hydrogens (primary N) is 1. The van der Waals surface area contributed by atoms with Crippen LogP contribution in [-0.4, -0.2) is 18.7 Å². The number of carbonyl (C=O) groups is 1. The molecule has 0 spiro atoms. The van der Waals surface area contributed by atoms with Crippen LogP contribution in [0.4, 0.5) is 16.5 Å². The summed E-state index contributed by atoms with van der Waals surface area (Å²) >= 11 is 1.64. The van der Waals surface area contributed by atoms with E-state index in [9.17, 15) is 4.79 Å². The third-order valence-electron chi connectivity index (χ3n) is 4.41. The molecule has 28 heavy (non-hydrogen) atoms. The van der Waals surface area contributed by atoms with E-state index in [1.807, 2.05) is 36.4 Å². The fourth-order valence-corrected chi connectivity index (χ4v) is 3.71. The van der Waals surface area contributed by atoms with Crippen molar-refractivity contribution in [3.05, 3.63) is 77.9 Å². The normalized spacial score (nSPS) is 10.7. The molecule has 0 saturated heterocycles. The number of nitrogen functional groups attached to an aromatic ring is 1. The Morgan fingerprint density at radius 3 is 2.64 bits per heavy atom. The molecule has 0 aliphatic carbocycles. The summed E-state index contributed by atoms with van der Waals surface area (Å²) in [5, 5.41) is 7.08. The minimum absolute atomic E-state index is 0.182. The summed E-state index contributed by atoms with van der Waals surface area (Å²) in [5.41, 5.74) is 10.9. The van der Waals surface area contributed by atoms with Gasteiger partial charge < -0.3 is 16.4 Å². The lowest BCUT2D eigenvalue weighted by Gasteiger charge is -2.08. The van der Waals surface area contributed by atoms with Gasteiger partial charge in [-0.2, -0.15) is 0 Å². The molecule has 0 unspecified atom stereocenters. The highest BCUT2D eigenvalue weighted by Gasteiger charge is 2.08. The Bertz CT molecular complexity index is 1140. The zero-order valence-corrected chi connectivity index (χ0v) is 16.2. The topological polar surface area (TPSA) is 80.0 Å². The van der Waals surface area contributed by atoms with Gasteiger partial charge in [-0.3, -0.25) is 4.79 Å². The zero-order chi connectivity index (χ0) is 19.5. The van der Waals surface area contributed by atoms with Crippen molar-refractivity contribution in [3.63, 3.8) is 0 Å². The van der Waals surface area contributed by atoms with Gasteiger partial charge in [-0.1, -0.05) is 47.1 Å². The number of rotatable bonds is 5. The second-order valence-electron chi connectivity index (χ2n) is 6.58. The third-order valence-corrected chi connectivity index (χ3v) is 5.41. The maximum Gasteiger partial charge on any atom is 0.255 e. The molecule has 4 N–H and O–H groups in total. The molecule has 4 rings (SSSR count). The van der Waals surface area contributed by atoms with Gasteiger partial charge >= 0.3 is 0 Å². The number of aromatic nitrogens is 1. The second-order valence-corrected chi connectivity index (χ2v) is 7.61. The highest BCUT2D eigenvalue weighted by Crippen LogP contribution is 2.25. The number of thiazole rings is 1. The van der Waals surface area contributed by atoms with Gasteiger partial charge in [0.15, 0.2) is 5.13 Å². The summed E-state index contributed by atoms with van der Waals surface area (Å²) < 4.78 is 1.17. The summed E-state index contributed by atoms with van der Waals surface area (Å²) in [6, 6.07) is 21.0. The van der Waals surface area contributed by atoms with E-state index in [4.69, 9.17) is 5.73 Å². The molecule has 1 heterocycles. The van der Waals surface area contributed by atoms with E-state index in [1.54, 1.807) is 23.5 Å². The van der Waals surface area contributed by atoms with Crippen LogP contribution in [0.25, 0.3) is 10.2 Å². The third kappa shape index (κ3) is 3.99. The summed E-state index contributed by atoms with van der Waals surface area (Å²) in [6.45, 7) is 0.645. The van der Waals surface area contributed by atoms with Crippen LogP contribution in [0.3, 0.4) is 0 Å². The van der Waals surface area contributed by atoms with Crippen LogP contribution in [0.2, 0.25) is 0 Å². The minimum Gasteiger partial charge on any atom is -0.397 e. The molecule has 1 amide bonds. The SMILES string of the molecule is Bc1ccc2sc(NCc3ccc(C(=O)Nc4ccccc4N)cc3)nc2c1. The van der Waals surface area contributed by atoms with Gasteiger partial charge in [0.1, 0.15) is 7.85 Å². The Kier molecular flexibility index (Phi) is 4.99. The van der Waals surface area contributed by atoms with E-state index in [-0.39, 0.29) is 5.91 Å². The van der Waals surface area contributed by atoms with E-state index >= 15 is 0 Å². The minimum atomic E-state index is -0.182. The molecular formula is C21H19BN4OS. The van der Waals surface area contributed by atoms with Gasteiger partial charge in [0, 0.05) is 12.1 Å². The molecule has 0 bridgehead atoms. The monoisotopic (exact) mass is 386 g/mol. The Labute approximate surface area is 168 Å². The van der Waals surface area contributed by atoms with Gasteiger partial charge in [-0.05, 0) is 42.0 Å². The van der Waals surface area contributed by atoms with Crippen molar-refractivity contribution >= 4 is 57.3 Å². The number of hydrogen-bond acceptors (Lipinski definition) is 5. The number of para-hydroxylation sites is 2. The van der Waals surface area contributed by atoms with Crippen LogP contribution in [0, 0.1) is 0 Å². The number of nitrogens with zero attached hydrogens (tertiary/aromatic N) is 1. The van der Waals surface area contributed by atoms with Crippen molar-refractivity contribution in [2.45, 2.75) is 6.54 Å². The first-order valence-corrected chi connectivity index (χ1v) is 9.76. The van der Waals surface area contributed by atoms with Gasteiger partial charge in [0.05, 0.1) is 21.6 Å². The number of carbonyl (C=O) groups excluding carboxylic acids is 1. The van der Waals surface area contributed by atoms with Crippen molar-refractivity contribution < 1.29 is 4.79 Å². The maximum absolute atomic E-state index is 12.4. The molecule has 1 aromatic heterocycles. The summed E-state index contributed by atoms with van der Waals surface area (Å²) in [7, 11) is 2.07. The Morgan fingerprint density at radius 1 is 1.07 bits per heavy atom. The van der Waals surface area contributed by atoms with E-state index in [0.29, 0.717) is 23.5 Å². The molecular weight excluding hydrogens is 367 g/mol. The van der Waals surface area contributed by atoms with Crippen LogP contribution in [0.5, 0.6) is 0 Å². The lowest BCUT2D eigenvalue weighted by atomic mass is 9.96. The molecule has 7 heteroatoms. The second kappa shape index (κ2) is 7.74. The van der Waals surface area contributed by atoms with E-state index in [2.05, 4.69) is 41.7 Å². The van der Waals surface area contributed by atoms with E-state index in [1.165, 1.54) is 10.2 Å². The number of hydrogen-bond donors (Lipinski definition) is 3. The molecule has 4 aromatic rings. The molecule has 0 radical (unpaired) electrons. The number of amides is 1. The maximum atomic E-state index is 12.4. The van der Waals surface area contributed by atoms with Gasteiger partial charge in [-0.15, -0.1) is 0 Å². The standard InChI is InChI=1S/C21H19BN4OS/c22-15-9-10-19-18(11-15)26-21(28-19)24-12-13-5-7-14(8-6-13)20(27)25-17-4-2-1-3-16(17)23/h1-11H,12,22-23H2,(H,24,26)(H,25,27). The van der Waals surface area contributed by atoms with E-state index < -0.39 is 0 Å². The number of anilines is 3. The Hall–Kier alpha value is -3.32. The lowest BCUT2D eigenvalue weighted by Crippen LogP contribution is -2.13. The number of nitrogens with one attached hydrogen (secondary N) is 2. The number of benzene rings is 3. The fraction of sp³-hybridized carbons (Fsp3) is 0.0476. The van der Waals surface area contributed by atoms with Crippen LogP contribution in [0.1, 0.15) is 15.9 Å². The molecule has 0 aliphatic heterocycles. The molecule has 0 saturated carbocycles. The first-order chi connectivity index (χ1) is 13.6. The smallest absolute Gasteiger partial charge is 0.255 e. The largest absolute Gasteiger partial charge is 0.397 e. The van der Waals surface area contributed by atoms with Gasteiger partial charge in [-0.25, -0.2) is 4.98 Å². The lowest BCUT2D eigenvalue weighted by molar-refractivity contribution is 0.102. The molecule has 138 valence electrons. The van der Waals surface area contributed by atoms with Crippen LogP contribution in [0.15, 0.2) is 66.7 Å². The zero-order valence-electron chi connectivity index (χ0n) is 15.4. The van der Waals surface area contributed by atoms with Crippen LogP contribution >= 0.6 is 11.3 Å². The molecule has 0 fully saturated rings. The van der Waals surface area contributed by atoms with E-state index in [0.717, 1.165) is 16.2 Å². The first kappa shape index (κ1) is 18.1. The van der Waals surface area contributed by atoms with Crippen molar-refractivity contribution in [2.75, 3.05) is 16.4 Å². The van der Waals surface area contributed by atoms with Crippen LogP contribution in [-0.2, 0) is 6.54 Å². The molecule has 3 aromatic carbocycles. The van der Waals surface area contributed by atoms with Crippen molar-refractivity contribution in [3.8, 4) is 0 Å². The predicted octanol–water partition coefficient (Wildman–Crippen LogP) is 3.00. The van der Waals surface area contributed by atoms with Gasteiger partial charge in [0.2, 0.25) is 0 Å². The average molecular weight is 386 g/mol. The average Bonchev–Trinajstić information content (AvgIpc) is 3.10. The summed E-state index contributed by atoms with van der Waals surface area (Å²) in [5.74, 6) is -0.182. The number of fused-ring (bicyclic) bond motifs is 1. The van der Waals surface area contributed by atoms with Crippen molar-refractivity contribution in [2.24, 2.45) is 0 Å². The van der Waals surface area contributed by atoms with Crippen molar-refractivity contribution in [1.82, 2.24) is 4.98 Å².